The number of para-hydroxylation sites is 1. The summed E-state index contributed by atoms with van der Waals surface area (Å²) in [4.78, 5) is 24.8. The molecule has 24 heavy (non-hydrogen) atoms. The lowest BCUT2D eigenvalue weighted by atomic mass is 10.0. The van der Waals surface area contributed by atoms with Crippen LogP contribution < -0.4 is 15.8 Å². The number of ether oxygens (including phenoxy) is 1. The lowest BCUT2D eigenvalue weighted by Crippen LogP contribution is -2.31. The van der Waals surface area contributed by atoms with Crippen molar-refractivity contribution in [2.24, 2.45) is 5.73 Å². The van der Waals surface area contributed by atoms with Crippen LogP contribution in [0.15, 0.2) is 53.4 Å². The first-order chi connectivity index (χ1) is 11.6. The van der Waals surface area contributed by atoms with Crippen LogP contribution >= 0.6 is 11.8 Å². The van der Waals surface area contributed by atoms with Gasteiger partial charge in [-0.2, -0.15) is 0 Å². The van der Waals surface area contributed by atoms with Crippen LogP contribution in [0.2, 0.25) is 0 Å². The first-order valence-electron chi connectivity index (χ1n) is 7.68. The maximum atomic E-state index is 12.7. The third-order valence-corrected chi connectivity index (χ3v) is 4.89. The topological polar surface area (TPSA) is 81.4 Å². The maximum Gasteiger partial charge on any atom is 0.255 e. The molecule has 0 bridgehead atoms. The molecule has 0 saturated carbocycles. The molecule has 0 fully saturated rings. The molecule has 5 nitrogen and oxygen atoms in total. The van der Waals surface area contributed by atoms with E-state index < -0.39 is 5.91 Å². The van der Waals surface area contributed by atoms with Crippen molar-refractivity contribution < 1.29 is 14.3 Å². The van der Waals surface area contributed by atoms with Gasteiger partial charge in [0.15, 0.2) is 6.61 Å². The molecule has 2 aromatic carbocycles. The highest BCUT2D eigenvalue weighted by molar-refractivity contribution is 7.99. The fourth-order valence-corrected chi connectivity index (χ4v) is 3.78. The molecule has 3 N–H and O–H groups in total. The molecule has 0 radical (unpaired) electrons. The Morgan fingerprint density at radius 2 is 1.92 bits per heavy atom. The van der Waals surface area contributed by atoms with Gasteiger partial charge in [-0.1, -0.05) is 30.3 Å². The highest BCUT2D eigenvalue weighted by Crippen LogP contribution is 2.36. The van der Waals surface area contributed by atoms with Crippen LogP contribution in [0.1, 0.15) is 28.4 Å². The second-order valence-electron chi connectivity index (χ2n) is 5.45. The second kappa shape index (κ2) is 7.40. The third-order valence-electron chi connectivity index (χ3n) is 3.77. The fraction of sp³-hybridized carbons (Fsp3) is 0.222. The number of nitrogens with one attached hydrogen (secondary N) is 1. The second-order valence-corrected chi connectivity index (χ2v) is 6.59. The Labute approximate surface area is 144 Å². The summed E-state index contributed by atoms with van der Waals surface area (Å²) in [6.07, 6.45) is 0.873. The Morgan fingerprint density at radius 1 is 1.17 bits per heavy atom. The fourth-order valence-electron chi connectivity index (χ4n) is 2.66. The maximum absolute atomic E-state index is 12.7. The third kappa shape index (κ3) is 3.71. The minimum absolute atomic E-state index is 0.0286. The average molecular weight is 342 g/mol. The van der Waals surface area contributed by atoms with Crippen molar-refractivity contribution in [2.45, 2.75) is 17.4 Å². The van der Waals surface area contributed by atoms with Crippen LogP contribution in [0.3, 0.4) is 0 Å². The Bertz CT molecular complexity index is 763. The SMILES string of the molecule is NC(=O)COc1ccccc1C(=O)NC1CCSc2ccccc21. The minimum atomic E-state index is -0.580. The van der Waals surface area contributed by atoms with E-state index in [-0.39, 0.29) is 18.6 Å². The lowest BCUT2D eigenvalue weighted by Gasteiger charge is -2.26. The summed E-state index contributed by atoms with van der Waals surface area (Å²) in [5.74, 6) is 0.513. The van der Waals surface area contributed by atoms with Gasteiger partial charge in [0.25, 0.3) is 11.8 Å². The van der Waals surface area contributed by atoms with Crippen molar-refractivity contribution in [3.05, 3.63) is 59.7 Å². The smallest absolute Gasteiger partial charge is 0.255 e. The molecular weight excluding hydrogens is 324 g/mol. The van der Waals surface area contributed by atoms with Crippen molar-refractivity contribution in [3.8, 4) is 5.75 Å². The number of amides is 2. The molecule has 0 aromatic heterocycles. The molecule has 0 aliphatic carbocycles. The number of fused-ring (bicyclic) bond motifs is 1. The number of benzene rings is 2. The molecule has 1 atom stereocenters. The predicted octanol–water partition coefficient (Wildman–Crippen LogP) is 2.52. The highest BCUT2D eigenvalue weighted by Gasteiger charge is 2.23. The van der Waals surface area contributed by atoms with E-state index in [0.717, 1.165) is 17.7 Å². The summed E-state index contributed by atoms with van der Waals surface area (Å²) >= 11 is 1.80. The van der Waals surface area contributed by atoms with E-state index in [0.29, 0.717) is 11.3 Å². The van der Waals surface area contributed by atoms with Crippen LogP contribution in [0.5, 0.6) is 5.75 Å². The molecule has 124 valence electrons. The molecule has 1 unspecified atom stereocenters. The van der Waals surface area contributed by atoms with Gasteiger partial charge in [0.05, 0.1) is 11.6 Å². The van der Waals surface area contributed by atoms with Crippen LogP contribution in [-0.2, 0) is 4.79 Å². The Balaban J connectivity index is 1.78. The first-order valence-corrected chi connectivity index (χ1v) is 8.66. The minimum Gasteiger partial charge on any atom is -0.483 e. The van der Waals surface area contributed by atoms with E-state index >= 15 is 0 Å². The van der Waals surface area contributed by atoms with Gasteiger partial charge in [0, 0.05) is 10.6 Å². The van der Waals surface area contributed by atoms with E-state index in [9.17, 15) is 9.59 Å². The number of hydrogen-bond acceptors (Lipinski definition) is 4. The van der Waals surface area contributed by atoms with Crippen molar-refractivity contribution in [2.75, 3.05) is 12.4 Å². The van der Waals surface area contributed by atoms with Crippen molar-refractivity contribution in [3.63, 3.8) is 0 Å². The van der Waals surface area contributed by atoms with E-state index in [1.807, 2.05) is 18.2 Å². The van der Waals surface area contributed by atoms with Crippen LogP contribution in [0, 0.1) is 0 Å². The number of hydrogen-bond donors (Lipinski definition) is 2. The van der Waals surface area contributed by atoms with Crippen molar-refractivity contribution in [1.29, 1.82) is 0 Å². The lowest BCUT2D eigenvalue weighted by molar-refractivity contribution is -0.119. The van der Waals surface area contributed by atoms with E-state index in [4.69, 9.17) is 10.5 Å². The summed E-state index contributed by atoms with van der Waals surface area (Å²) in [6, 6.07) is 14.9. The molecule has 1 aliphatic rings. The van der Waals surface area contributed by atoms with Gasteiger partial charge in [-0.15, -0.1) is 11.8 Å². The van der Waals surface area contributed by atoms with Crippen molar-refractivity contribution in [1.82, 2.24) is 5.32 Å². The Kier molecular flexibility index (Phi) is 5.05. The zero-order valence-electron chi connectivity index (χ0n) is 13.0. The molecule has 1 aliphatic heterocycles. The molecule has 2 aromatic rings. The Hall–Kier alpha value is -2.47. The molecule has 6 heteroatoms. The molecule has 2 amide bonds. The van der Waals surface area contributed by atoms with Gasteiger partial charge in [-0.25, -0.2) is 0 Å². The van der Waals surface area contributed by atoms with E-state index in [2.05, 4.69) is 11.4 Å². The Morgan fingerprint density at radius 3 is 2.75 bits per heavy atom. The van der Waals surface area contributed by atoms with E-state index in [1.165, 1.54) is 4.90 Å². The van der Waals surface area contributed by atoms with Crippen LogP contribution in [0.4, 0.5) is 0 Å². The largest absolute Gasteiger partial charge is 0.483 e. The van der Waals surface area contributed by atoms with Gasteiger partial charge in [0.1, 0.15) is 5.75 Å². The molecular formula is C18H18N2O3S. The van der Waals surface area contributed by atoms with Gasteiger partial charge < -0.3 is 15.8 Å². The zero-order chi connectivity index (χ0) is 16.9. The van der Waals surface area contributed by atoms with Crippen LogP contribution in [0.25, 0.3) is 0 Å². The molecule has 3 rings (SSSR count). The highest BCUT2D eigenvalue weighted by atomic mass is 32.2. The number of carbonyl (C=O) groups is 2. The summed E-state index contributed by atoms with van der Waals surface area (Å²) in [5, 5.41) is 3.07. The average Bonchev–Trinajstić information content (AvgIpc) is 2.60. The molecule has 0 spiro atoms. The summed E-state index contributed by atoms with van der Waals surface area (Å²) in [5.41, 5.74) is 6.64. The zero-order valence-corrected chi connectivity index (χ0v) is 13.8. The monoisotopic (exact) mass is 342 g/mol. The standard InChI is InChI=1S/C18H18N2O3S/c19-17(21)11-23-15-7-3-1-6-13(15)18(22)20-14-9-10-24-16-8-4-2-5-12(14)16/h1-8,14H,9-11H2,(H2,19,21)(H,20,22). The van der Waals surface area contributed by atoms with Gasteiger partial charge in [0.2, 0.25) is 0 Å². The van der Waals surface area contributed by atoms with Crippen LogP contribution in [-0.4, -0.2) is 24.2 Å². The molecule has 1 heterocycles. The number of primary amides is 1. The van der Waals surface area contributed by atoms with Gasteiger partial charge in [-0.3, -0.25) is 9.59 Å². The van der Waals surface area contributed by atoms with E-state index in [1.54, 1.807) is 36.0 Å². The normalized spacial score (nSPS) is 16.1. The summed E-state index contributed by atoms with van der Waals surface area (Å²) in [6.45, 7) is -0.257. The molecule has 0 saturated heterocycles. The number of nitrogens with two attached hydrogens (primary N) is 1. The van der Waals surface area contributed by atoms with Gasteiger partial charge >= 0.3 is 0 Å². The summed E-state index contributed by atoms with van der Waals surface area (Å²) < 4.78 is 5.34. The predicted molar refractivity (Wildman–Crippen MR) is 93.1 cm³/mol. The van der Waals surface area contributed by atoms with Gasteiger partial charge in [-0.05, 0) is 30.2 Å². The first kappa shape index (κ1) is 16.4. The van der Waals surface area contributed by atoms with Crippen molar-refractivity contribution >= 4 is 23.6 Å². The number of thioether (sulfide) groups is 1. The number of carbonyl (C=O) groups excluding carboxylic acids is 2. The summed E-state index contributed by atoms with van der Waals surface area (Å²) in [7, 11) is 0. The number of rotatable bonds is 5. The quantitative estimate of drug-likeness (QED) is 0.875.